The van der Waals surface area contributed by atoms with Crippen molar-refractivity contribution in [3.8, 4) is 5.95 Å². The van der Waals surface area contributed by atoms with E-state index in [-0.39, 0.29) is 0 Å². The second-order valence-electron chi connectivity index (χ2n) is 11.2. The van der Waals surface area contributed by atoms with Gasteiger partial charge in [-0.15, -0.1) is 20.4 Å². The standard InChI is InChI=1S/C38H29N9S2/c1-45(26-9-7-11-30(21-26)48-36-13-3-5-19-39-36)28-15-17-32-33-18-16-29(24-35(33)47(34(32)23-28)38-43-41-25-42-44-38)46(2)27-10-8-12-31(22-27)49-37-14-4-6-20-40-37/h3-25H,1-2H3. The number of nitrogens with zero attached hydrogens (tertiary/aromatic N) is 9. The van der Waals surface area contributed by atoms with Crippen LogP contribution in [0.1, 0.15) is 0 Å². The summed E-state index contributed by atoms with van der Waals surface area (Å²) in [6, 6.07) is 41.8. The molecule has 0 fully saturated rings. The Bertz CT molecular complexity index is 2240. The van der Waals surface area contributed by atoms with Gasteiger partial charge in [-0.25, -0.2) is 9.97 Å². The van der Waals surface area contributed by atoms with Crippen LogP contribution in [0.3, 0.4) is 0 Å². The third-order valence-electron chi connectivity index (χ3n) is 8.24. The number of hydrogen-bond donors (Lipinski definition) is 0. The van der Waals surface area contributed by atoms with Crippen molar-refractivity contribution in [3.05, 3.63) is 140 Å². The van der Waals surface area contributed by atoms with E-state index in [9.17, 15) is 0 Å². The Morgan fingerprint density at radius 3 is 1.47 bits per heavy atom. The van der Waals surface area contributed by atoms with Gasteiger partial charge in [-0.1, -0.05) is 59.9 Å². The Morgan fingerprint density at radius 1 is 0.510 bits per heavy atom. The highest BCUT2D eigenvalue weighted by Gasteiger charge is 2.18. The topological polar surface area (TPSA) is 88.8 Å². The number of benzene rings is 4. The maximum absolute atomic E-state index is 4.47. The Morgan fingerprint density at radius 2 is 1.00 bits per heavy atom. The molecule has 0 unspecified atom stereocenters. The molecule has 4 heterocycles. The Labute approximate surface area is 291 Å². The molecule has 4 aromatic heterocycles. The normalized spacial score (nSPS) is 11.2. The van der Waals surface area contributed by atoms with Crippen molar-refractivity contribution >= 4 is 68.1 Å². The van der Waals surface area contributed by atoms with Gasteiger partial charge in [-0.2, -0.15) is 0 Å². The first-order chi connectivity index (χ1) is 24.1. The first kappa shape index (κ1) is 30.5. The highest BCUT2D eigenvalue weighted by atomic mass is 32.2. The molecule has 0 bridgehead atoms. The number of anilines is 4. The molecule has 9 nitrogen and oxygen atoms in total. The van der Waals surface area contributed by atoms with E-state index in [1.165, 1.54) is 6.33 Å². The van der Waals surface area contributed by atoms with Crippen LogP contribution < -0.4 is 9.80 Å². The van der Waals surface area contributed by atoms with E-state index in [1.54, 1.807) is 23.5 Å². The molecule has 0 aliphatic carbocycles. The van der Waals surface area contributed by atoms with Crippen LogP contribution >= 0.6 is 23.5 Å². The van der Waals surface area contributed by atoms with Gasteiger partial charge in [0.15, 0.2) is 6.33 Å². The summed E-state index contributed by atoms with van der Waals surface area (Å²) in [6.45, 7) is 0. The van der Waals surface area contributed by atoms with Crippen molar-refractivity contribution in [2.75, 3.05) is 23.9 Å². The van der Waals surface area contributed by atoms with Crippen LogP contribution in [-0.4, -0.2) is 49.0 Å². The summed E-state index contributed by atoms with van der Waals surface area (Å²) in [5.41, 5.74) is 6.09. The van der Waals surface area contributed by atoms with E-state index in [0.717, 1.165) is 64.4 Å². The highest BCUT2D eigenvalue weighted by molar-refractivity contribution is 7.99. The molecule has 0 saturated heterocycles. The Kier molecular flexibility index (Phi) is 8.34. The first-order valence-electron chi connectivity index (χ1n) is 15.5. The summed E-state index contributed by atoms with van der Waals surface area (Å²) < 4.78 is 2.04. The minimum absolute atomic E-state index is 0.407. The lowest BCUT2D eigenvalue weighted by Crippen LogP contribution is -2.10. The SMILES string of the molecule is CN(c1cccc(Sc2ccccn2)c1)c1ccc2c3ccc(N(C)c4cccc(Sc5ccccn5)c4)cc3n(-c3nncnn3)c2c1. The summed E-state index contributed by atoms with van der Waals surface area (Å²) in [5.74, 6) is 0.407. The van der Waals surface area contributed by atoms with Crippen LogP contribution in [0.15, 0.2) is 160 Å². The molecule has 0 atom stereocenters. The quantitative estimate of drug-likeness (QED) is 0.148. The minimum Gasteiger partial charge on any atom is -0.345 e. The van der Waals surface area contributed by atoms with Gasteiger partial charge in [0.2, 0.25) is 0 Å². The fraction of sp³-hybridized carbons (Fsp3) is 0.0526. The van der Waals surface area contributed by atoms with Crippen LogP contribution in [-0.2, 0) is 0 Å². The molecule has 0 spiro atoms. The number of pyridine rings is 2. The van der Waals surface area contributed by atoms with Gasteiger partial charge in [0.25, 0.3) is 5.95 Å². The van der Waals surface area contributed by atoms with Crippen molar-refractivity contribution in [1.29, 1.82) is 0 Å². The zero-order chi connectivity index (χ0) is 33.2. The lowest BCUT2D eigenvalue weighted by molar-refractivity contribution is 0.801. The summed E-state index contributed by atoms with van der Waals surface area (Å²) in [7, 11) is 4.16. The summed E-state index contributed by atoms with van der Waals surface area (Å²) in [6.07, 6.45) is 4.98. The highest BCUT2D eigenvalue weighted by Crippen LogP contribution is 2.39. The summed E-state index contributed by atoms with van der Waals surface area (Å²) in [5, 5.41) is 21.0. The molecule has 8 rings (SSSR count). The van der Waals surface area contributed by atoms with Crippen molar-refractivity contribution < 1.29 is 0 Å². The molecule has 11 heteroatoms. The minimum atomic E-state index is 0.407. The number of rotatable bonds is 9. The van der Waals surface area contributed by atoms with Gasteiger partial charge >= 0.3 is 0 Å². The van der Waals surface area contributed by atoms with E-state index in [2.05, 4.69) is 139 Å². The monoisotopic (exact) mass is 675 g/mol. The van der Waals surface area contributed by atoms with Crippen LogP contribution in [0.2, 0.25) is 0 Å². The zero-order valence-electron chi connectivity index (χ0n) is 26.6. The van der Waals surface area contributed by atoms with E-state index in [1.807, 2.05) is 53.4 Å². The van der Waals surface area contributed by atoms with Crippen LogP contribution in [0.5, 0.6) is 0 Å². The van der Waals surface area contributed by atoms with Crippen LogP contribution in [0.4, 0.5) is 22.7 Å². The largest absolute Gasteiger partial charge is 0.345 e. The van der Waals surface area contributed by atoms with E-state index in [4.69, 9.17) is 0 Å². The molecular formula is C38H29N9S2. The lowest BCUT2D eigenvalue weighted by Gasteiger charge is -2.21. The van der Waals surface area contributed by atoms with Gasteiger partial charge < -0.3 is 9.80 Å². The maximum Gasteiger partial charge on any atom is 0.273 e. The third-order valence-corrected chi connectivity index (χ3v) is 10.1. The number of hydrogen-bond acceptors (Lipinski definition) is 10. The molecule has 4 aromatic carbocycles. The second-order valence-corrected chi connectivity index (χ2v) is 13.4. The molecule has 238 valence electrons. The molecule has 8 aromatic rings. The molecule has 0 N–H and O–H groups in total. The molecule has 0 aliphatic rings. The zero-order valence-corrected chi connectivity index (χ0v) is 28.3. The predicted molar refractivity (Wildman–Crippen MR) is 198 cm³/mol. The molecule has 49 heavy (non-hydrogen) atoms. The van der Waals surface area contributed by atoms with Gasteiger partial charge in [0.05, 0.1) is 11.0 Å². The maximum atomic E-state index is 4.47. The van der Waals surface area contributed by atoms with Gasteiger partial charge in [0, 0.05) is 69.8 Å². The lowest BCUT2D eigenvalue weighted by atomic mass is 10.1. The molecule has 0 aliphatic heterocycles. The van der Waals surface area contributed by atoms with E-state index in [0.29, 0.717) is 5.95 Å². The predicted octanol–water partition coefficient (Wildman–Crippen LogP) is 8.99. The van der Waals surface area contributed by atoms with Gasteiger partial charge in [0.1, 0.15) is 10.1 Å². The molecule has 0 amide bonds. The van der Waals surface area contributed by atoms with Gasteiger partial charge in [-0.05, 0) is 84.9 Å². The van der Waals surface area contributed by atoms with E-state index >= 15 is 0 Å². The fourth-order valence-electron chi connectivity index (χ4n) is 5.78. The van der Waals surface area contributed by atoms with Crippen LogP contribution in [0, 0.1) is 0 Å². The van der Waals surface area contributed by atoms with Crippen molar-refractivity contribution in [2.45, 2.75) is 19.8 Å². The average Bonchev–Trinajstić information content (AvgIpc) is 3.48. The molecular weight excluding hydrogens is 647 g/mol. The molecule has 0 saturated carbocycles. The van der Waals surface area contributed by atoms with Gasteiger partial charge in [-0.3, -0.25) is 4.57 Å². The third kappa shape index (κ3) is 6.29. The Hall–Kier alpha value is -5.78. The van der Waals surface area contributed by atoms with Crippen molar-refractivity contribution in [1.82, 2.24) is 34.9 Å². The van der Waals surface area contributed by atoms with Crippen molar-refractivity contribution in [3.63, 3.8) is 0 Å². The van der Waals surface area contributed by atoms with Crippen molar-refractivity contribution in [2.24, 2.45) is 0 Å². The average molecular weight is 676 g/mol. The Balaban J connectivity index is 1.17. The smallest absolute Gasteiger partial charge is 0.273 e. The number of fused-ring (bicyclic) bond motifs is 3. The summed E-state index contributed by atoms with van der Waals surface area (Å²) >= 11 is 3.28. The summed E-state index contributed by atoms with van der Waals surface area (Å²) in [4.78, 5) is 15.5. The fourth-order valence-corrected chi connectivity index (χ4v) is 7.44. The van der Waals surface area contributed by atoms with Crippen LogP contribution in [0.25, 0.3) is 27.8 Å². The molecule has 0 radical (unpaired) electrons. The van der Waals surface area contributed by atoms with E-state index < -0.39 is 0 Å². The number of aromatic nitrogens is 7. The first-order valence-corrected chi connectivity index (χ1v) is 17.2. The second kappa shape index (κ2) is 13.4.